The van der Waals surface area contributed by atoms with Crippen molar-refractivity contribution in [3.05, 3.63) is 72.3 Å². The maximum atomic E-state index is 11.9. The molecule has 0 saturated heterocycles. The third kappa shape index (κ3) is 4.13. The van der Waals surface area contributed by atoms with Gasteiger partial charge < -0.3 is 16.6 Å². The Bertz CT molecular complexity index is 944. The van der Waals surface area contributed by atoms with E-state index in [0.717, 1.165) is 0 Å². The van der Waals surface area contributed by atoms with Gasteiger partial charge in [-0.25, -0.2) is 4.79 Å². The van der Waals surface area contributed by atoms with E-state index in [4.69, 9.17) is 11.5 Å². The number of carboxylic acid groups (broad SMARTS) is 1. The molecule has 27 heavy (non-hydrogen) atoms. The van der Waals surface area contributed by atoms with Crippen LogP contribution in [0.15, 0.2) is 87.2 Å². The van der Waals surface area contributed by atoms with Crippen LogP contribution in [0.3, 0.4) is 0 Å². The second-order valence-corrected chi connectivity index (χ2v) is 5.50. The molecule has 0 aliphatic heterocycles. The van der Waals surface area contributed by atoms with Crippen molar-refractivity contribution < 1.29 is 9.90 Å². The lowest BCUT2D eigenvalue weighted by Crippen LogP contribution is -2.03. The smallest absolute Gasteiger partial charge is 0.340 e. The molecule has 0 unspecified atom stereocenters. The summed E-state index contributed by atoms with van der Waals surface area (Å²) < 4.78 is 0. The number of aromatic carboxylic acids is 1. The highest BCUT2D eigenvalue weighted by Crippen LogP contribution is 2.40. The van der Waals surface area contributed by atoms with Crippen molar-refractivity contribution in [1.29, 1.82) is 0 Å². The normalized spacial score (nSPS) is 11.3. The van der Waals surface area contributed by atoms with Crippen molar-refractivity contribution >= 4 is 40.1 Å². The Morgan fingerprint density at radius 2 is 1.11 bits per heavy atom. The van der Waals surface area contributed by atoms with Crippen molar-refractivity contribution in [2.75, 3.05) is 11.5 Å². The molecule has 0 aromatic heterocycles. The fourth-order valence-corrected chi connectivity index (χ4v) is 2.33. The van der Waals surface area contributed by atoms with Gasteiger partial charge >= 0.3 is 5.97 Å². The molecule has 0 amide bonds. The minimum absolute atomic E-state index is 0.0254. The second-order valence-electron chi connectivity index (χ2n) is 5.50. The molecule has 0 aliphatic rings. The summed E-state index contributed by atoms with van der Waals surface area (Å²) in [5.74, 6) is -1.28. The van der Waals surface area contributed by atoms with E-state index in [1.807, 2.05) is 12.1 Å². The van der Waals surface area contributed by atoms with Gasteiger partial charge in [-0.15, -0.1) is 10.2 Å². The van der Waals surface area contributed by atoms with Crippen molar-refractivity contribution in [3.63, 3.8) is 0 Å². The van der Waals surface area contributed by atoms with Crippen molar-refractivity contribution in [2.24, 2.45) is 20.5 Å². The molecular formula is C19H16N6O2. The van der Waals surface area contributed by atoms with Gasteiger partial charge in [0, 0.05) is 0 Å². The molecule has 5 N–H and O–H groups in total. The summed E-state index contributed by atoms with van der Waals surface area (Å²) in [6.07, 6.45) is 0. The molecule has 8 nitrogen and oxygen atoms in total. The molecule has 0 aliphatic carbocycles. The first-order chi connectivity index (χ1) is 13.1. The quantitative estimate of drug-likeness (QED) is 0.415. The third-order valence-electron chi connectivity index (χ3n) is 3.59. The first-order valence-electron chi connectivity index (χ1n) is 7.95. The lowest BCUT2D eigenvalue weighted by Gasteiger charge is -2.09. The predicted octanol–water partition coefficient (Wildman–Crippen LogP) is 5.38. The largest absolute Gasteiger partial charge is 0.478 e. The van der Waals surface area contributed by atoms with Crippen molar-refractivity contribution in [1.82, 2.24) is 0 Å². The maximum absolute atomic E-state index is 11.9. The molecule has 134 valence electrons. The number of nitrogens with two attached hydrogens (primary N) is 2. The Morgan fingerprint density at radius 3 is 1.48 bits per heavy atom. The third-order valence-corrected chi connectivity index (χ3v) is 3.59. The minimum Gasteiger partial charge on any atom is -0.478 e. The van der Waals surface area contributed by atoms with Crippen LogP contribution in [0.4, 0.5) is 34.1 Å². The molecular weight excluding hydrogens is 344 g/mol. The molecule has 0 saturated carbocycles. The maximum Gasteiger partial charge on any atom is 0.340 e. The Labute approximate surface area is 154 Å². The minimum atomic E-state index is -1.28. The van der Waals surface area contributed by atoms with Crippen LogP contribution in [0.2, 0.25) is 0 Å². The van der Waals surface area contributed by atoms with Gasteiger partial charge in [0.1, 0.15) is 16.9 Å². The van der Waals surface area contributed by atoms with Crippen molar-refractivity contribution in [3.8, 4) is 0 Å². The number of hydrogen-bond acceptors (Lipinski definition) is 7. The number of carboxylic acids is 1. The molecule has 0 bridgehead atoms. The zero-order valence-corrected chi connectivity index (χ0v) is 14.1. The first-order valence-corrected chi connectivity index (χ1v) is 7.95. The zero-order chi connectivity index (χ0) is 19.2. The zero-order valence-electron chi connectivity index (χ0n) is 14.1. The van der Waals surface area contributed by atoms with Gasteiger partial charge in [-0.05, 0) is 30.3 Å². The van der Waals surface area contributed by atoms with E-state index >= 15 is 0 Å². The molecule has 3 rings (SSSR count). The van der Waals surface area contributed by atoms with Gasteiger partial charge in [-0.1, -0.05) is 36.4 Å². The van der Waals surface area contributed by atoms with Crippen LogP contribution in [0.25, 0.3) is 0 Å². The molecule has 0 heterocycles. The Balaban J connectivity index is 2.09. The summed E-state index contributed by atoms with van der Waals surface area (Å²) in [5, 5.41) is 25.8. The van der Waals surface area contributed by atoms with Crippen LogP contribution >= 0.6 is 0 Å². The van der Waals surface area contributed by atoms with Crippen LogP contribution in [-0.4, -0.2) is 11.1 Å². The average Bonchev–Trinajstić information content (AvgIpc) is 2.67. The monoisotopic (exact) mass is 360 g/mol. The summed E-state index contributed by atoms with van der Waals surface area (Å²) in [6, 6.07) is 19.1. The van der Waals surface area contributed by atoms with Gasteiger partial charge in [0.05, 0.1) is 22.7 Å². The van der Waals surface area contributed by atoms with Gasteiger partial charge in [0.15, 0.2) is 0 Å². The van der Waals surface area contributed by atoms with Gasteiger partial charge in [0.2, 0.25) is 0 Å². The summed E-state index contributed by atoms with van der Waals surface area (Å²) in [4.78, 5) is 11.9. The molecule has 0 spiro atoms. The van der Waals surface area contributed by atoms with E-state index < -0.39 is 5.97 Å². The van der Waals surface area contributed by atoms with Crippen LogP contribution < -0.4 is 11.5 Å². The number of rotatable bonds is 5. The lowest BCUT2D eigenvalue weighted by atomic mass is 10.1. The van der Waals surface area contributed by atoms with E-state index in [9.17, 15) is 9.90 Å². The van der Waals surface area contributed by atoms with Gasteiger partial charge in [-0.3, -0.25) is 0 Å². The Morgan fingerprint density at radius 1 is 0.704 bits per heavy atom. The highest BCUT2D eigenvalue weighted by atomic mass is 16.4. The SMILES string of the molecule is Nc1cc(N)c(N=Nc2ccccc2)c(C(=O)O)c1N=Nc1ccccc1. The molecule has 0 fully saturated rings. The van der Waals surface area contributed by atoms with Gasteiger partial charge in [-0.2, -0.15) is 10.2 Å². The van der Waals surface area contributed by atoms with Gasteiger partial charge in [0.25, 0.3) is 0 Å². The average molecular weight is 360 g/mol. The number of azo groups is 2. The lowest BCUT2D eigenvalue weighted by molar-refractivity contribution is 0.0698. The molecule has 0 atom stereocenters. The van der Waals surface area contributed by atoms with Crippen LogP contribution in [0.1, 0.15) is 10.4 Å². The summed E-state index contributed by atoms with van der Waals surface area (Å²) in [6.45, 7) is 0. The summed E-state index contributed by atoms with van der Waals surface area (Å²) in [7, 11) is 0. The van der Waals surface area contributed by atoms with E-state index in [1.54, 1.807) is 48.5 Å². The number of nitrogens with zero attached hydrogens (tertiary/aromatic N) is 4. The molecule has 8 heteroatoms. The highest BCUT2D eigenvalue weighted by molar-refractivity contribution is 6.04. The highest BCUT2D eigenvalue weighted by Gasteiger charge is 2.22. The molecule has 3 aromatic carbocycles. The first kappa shape index (κ1) is 17.7. The number of benzene rings is 3. The fourth-order valence-electron chi connectivity index (χ4n) is 2.33. The standard InChI is InChI=1S/C19H16N6O2/c20-14-11-15(21)18(25-23-13-9-5-2-6-10-13)16(19(26)27)17(14)24-22-12-7-3-1-4-8-12/h1-11H,20-21H2,(H,26,27). The summed E-state index contributed by atoms with van der Waals surface area (Å²) >= 11 is 0. The molecule has 0 radical (unpaired) electrons. The topological polar surface area (TPSA) is 139 Å². The number of anilines is 2. The van der Waals surface area contributed by atoms with E-state index in [2.05, 4.69) is 20.5 Å². The number of carbonyl (C=O) groups is 1. The Hall–Kier alpha value is -4.07. The van der Waals surface area contributed by atoms with Crippen molar-refractivity contribution in [2.45, 2.75) is 0 Å². The summed E-state index contributed by atoms with van der Waals surface area (Å²) in [5.41, 5.74) is 12.8. The molecule has 3 aromatic rings. The van der Waals surface area contributed by atoms with E-state index in [-0.39, 0.29) is 28.3 Å². The van der Waals surface area contributed by atoms with E-state index in [1.165, 1.54) is 6.07 Å². The number of hydrogen-bond donors (Lipinski definition) is 3. The van der Waals surface area contributed by atoms with Crippen LogP contribution in [-0.2, 0) is 0 Å². The fraction of sp³-hybridized carbons (Fsp3) is 0. The van der Waals surface area contributed by atoms with Crippen LogP contribution in [0.5, 0.6) is 0 Å². The Kier molecular flexibility index (Phi) is 5.17. The second kappa shape index (κ2) is 7.87. The van der Waals surface area contributed by atoms with E-state index in [0.29, 0.717) is 11.4 Å². The predicted molar refractivity (Wildman–Crippen MR) is 103 cm³/mol. The number of nitrogen functional groups attached to an aromatic ring is 2. The van der Waals surface area contributed by atoms with Crippen LogP contribution in [0, 0.1) is 0 Å².